The second-order valence-corrected chi connectivity index (χ2v) is 7.32. The number of piperidine rings is 1. The van der Waals surface area contributed by atoms with Crippen molar-refractivity contribution >= 4 is 30.3 Å². The van der Waals surface area contributed by atoms with E-state index in [9.17, 15) is 14.4 Å². The van der Waals surface area contributed by atoms with E-state index in [-0.39, 0.29) is 43.5 Å². The van der Waals surface area contributed by atoms with Gasteiger partial charge in [-0.05, 0) is 32.2 Å². The van der Waals surface area contributed by atoms with Gasteiger partial charge < -0.3 is 10.4 Å². The van der Waals surface area contributed by atoms with E-state index in [0.29, 0.717) is 6.54 Å². The van der Waals surface area contributed by atoms with Gasteiger partial charge in [-0.25, -0.2) is 4.79 Å². The molecule has 1 aliphatic heterocycles. The Hall–Kier alpha value is -1.38. The molecule has 3 amide bonds. The minimum Gasteiger partial charge on any atom is -0.480 e. The molecule has 8 nitrogen and oxygen atoms in total. The van der Waals surface area contributed by atoms with Crippen LogP contribution in [0.4, 0.5) is 4.79 Å². The van der Waals surface area contributed by atoms with Gasteiger partial charge in [0, 0.05) is 25.2 Å². The van der Waals surface area contributed by atoms with Crippen molar-refractivity contribution in [1.82, 2.24) is 20.4 Å². The van der Waals surface area contributed by atoms with Crippen molar-refractivity contribution in [3.63, 3.8) is 0 Å². The number of carboxylic acids is 1. The number of urea groups is 1. The maximum Gasteiger partial charge on any atom is 0.321 e. The summed E-state index contributed by atoms with van der Waals surface area (Å²) in [4.78, 5) is 38.9. The minimum absolute atomic E-state index is 0. The number of likely N-dealkylation sites (tertiary alicyclic amines) is 1. The fraction of sp³-hybridized carbons (Fsp3) is 0.833. The molecular weight excluding hydrogens is 372 g/mol. The Bertz CT molecular complexity index is 492. The van der Waals surface area contributed by atoms with Crippen molar-refractivity contribution in [3.05, 3.63) is 0 Å². The molecule has 0 unspecified atom stereocenters. The van der Waals surface area contributed by atoms with E-state index < -0.39 is 12.0 Å². The molecule has 2 aliphatic rings. The number of hydrogen-bond acceptors (Lipinski definition) is 5. The van der Waals surface area contributed by atoms with E-state index in [0.717, 1.165) is 51.6 Å². The first-order valence-corrected chi connectivity index (χ1v) is 9.76. The summed E-state index contributed by atoms with van der Waals surface area (Å²) in [6.45, 7) is 4.40. The maximum absolute atomic E-state index is 12.1. The van der Waals surface area contributed by atoms with Gasteiger partial charge >= 0.3 is 12.0 Å². The van der Waals surface area contributed by atoms with Crippen LogP contribution in [0.15, 0.2) is 0 Å². The van der Waals surface area contributed by atoms with Gasteiger partial charge in [-0.2, -0.15) is 0 Å². The number of amides is 3. The van der Waals surface area contributed by atoms with Crippen LogP contribution >= 0.6 is 12.4 Å². The molecule has 0 aromatic rings. The first kappa shape index (κ1) is 23.7. The second kappa shape index (κ2) is 12.2. The van der Waals surface area contributed by atoms with E-state index in [1.807, 2.05) is 16.7 Å². The average Bonchev–Trinajstić information content (AvgIpc) is 2.61. The van der Waals surface area contributed by atoms with Crippen LogP contribution in [-0.2, 0) is 9.59 Å². The summed E-state index contributed by atoms with van der Waals surface area (Å²) >= 11 is 0. The second-order valence-electron chi connectivity index (χ2n) is 7.32. The molecule has 1 saturated carbocycles. The van der Waals surface area contributed by atoms with E-state index >= 15 is 0 Å². The van der Waals surface area contributed by atoms with Crippen LogP contribution in [-0.4, -0.2) is 77.6 Å². The Morgan fingerprint density at radius 1 is 1.07 bits per heavy atom. The van der Waals surface area contributed by atoms with Crippen molar-refractivity contribution in [3.8, 4) is 0 Å². The highest BCUT2D eigenvalue weighted by Crippen LogP contribution is 2.17. The van der Waals surface area contributed by atoms with Crippen LogP contribution in [0.5, 0.6) is 0 Å². The highest BCUT2D eigenvalue weighted by Gasteiger charge is 2.26. The Labute approximate surface area is 167 Å². The molecule has 0 atom stereocenters. The number of carbonyl (C=O) groups excluding carboxylic acids is 2. The van der Waals surface area contributed by atoms with Gasteiger partial charge in [-0.15, -0.1) is 12.4 Å². The van der Waals surface area contributed by atoms with Gasteiger partial charge in [0.2, 0.25) is 5.91 Å². The first-order chi connectivity index (χ1) is 12.5. The lowest BCUT2D eigenvalue weighted by atomic mass is 9.96. The number of rotatable bonds is 7. The van der Waals surface area contributed by atoms with Gasteiger partial charge in [0.1, 0.15) is 0 Å². The maximum atomic E-state index is 12.1. The summed E-state index contributed by atoms with van der Waals surface area (Å²) in [7, 11) is 0. The number of aliphatic carboxylic acids is 1. The van der Waals surface area contributed by atoms with Crippen molar-refractivity contribution in [2.75, 3.05) is 32.7 Å². The summed E-state index contributed by atoms with van der Waals surface area (Å²) in [5.74, 6) is -1.09. The molecule has 9 heteroatoms. The SMILES string of the molecule is CCN(CC(=O)O)C1CCN(CC(=O)NC(=O)NC2CCCCC2)CC1.Cl. The smallest absolute Gasteiger partial charge is 0.321 e. The summed E-state index contributed by atoms with van der Waals surface area (Å²) in [6, 6.07) is 0.0296. The lowest BCUT2D eigenvalue weighted by Crippen LogP contribution is -2.51. The molecule has 0 spiro atoms. The van der Waals surface area contributed by atoms with Gasteiger partial charge in [0.05, 0.1) is 13.1 Å². The molecule has 0 aromatic carbocycles. The molecule has 2 fully saturated rings. The molecule has 27 heavy (non-hydrogen) atoms. The van der Waals surface area contributed by atoms with Crippen molar-refractivity contribution in [2.45, 2.75) is 64.0 Å². The Balaban J connectivity index is 0.00000364. The molecule has 1 saturated heterocycles. The van der Waals surface area contributed by atoms with Gasteiger partial charge in [-0.3, -0.25) is 24.7 Å². The fourth-order valence-electron chi connectivity index (χ4n) is 3.95. The molecule has 0 aromatic heterocycles. The zero-order chi connectivity index (χ0) is 18.9. The first-order valence-electron chi connectivity index (χ1n) is 9.76. The summed E-state index contributed by atoms with van der Waals surface area (Å²) < 4.78 is 0. The fourth-order valence-corrected chi connectivity index (χ4v) is 3.95. The Morgan fingerprint density at radius 2 is 1.70 bits per heavy atom. The van der Waals surface area contributed by atoms with Crippen LogP contribution in [0.2, 0.25) is 0 Å². The lowest BCUT2D eigenvalue weighted by Gasteiger charge is -2.37. The average molecular weight is 405 g/mol. The summed E-state index contributed by atoms with van der Waals surface area (Å²) in [5.41, 5.74) is 0. The number of likely N-dealkylation sites (N-methyl/N-ethyl adjacent to an activating group) is 1. The molecule has 0 bridgehead atoms. The van der Waals surface area contributed by atoms with Gasteiger partial charge in [-0.1, -0.05) is 26.2 Å². The minimum atomic E-state index is -0.808. The molecule has 156 valence electrons. The quantitative estimate of drug-likeness (QED) is 0.593. The number of nitrogens with zero attached hydrogens (tertiary/aromatic N) is 2. The van der Waals surface area contributed by atoms with Gasteiger partial charge in [0.25, 0.3) is 0 Å². The number of hydrogen-bond donors (Lipinski definition) is 3. The van der Waals surface area contributed by atoms with Crippen molar-refractivity contribution in [1.29, 1.82) is 0 Å². The molecule has 1 aliphatic carbocycles. The molecular formula is C18H33ClN4O4. The Kier molecular flexibility index (Phi) is 10.6. The third-order valence-electron chi connectivity index (χ3n) is 5.38. The molecule has 0 radical (unpaired) electrons. The zero-order valence-corrected chi connectivity index (χ0v) is 16.9. The topological polar surface area (TPSA) is 102 Å². The summed E-state index contributed by atoms with van der Waals surface area (Å²) in [5, 5.41) is 14.3. The predicted molar refractivity (Wildman–Crippen MR) is 105 cm³/mol. The van der Waals surface area contributed by atoms with Crippen LogP contribution in [0.1, 0.15) is 51.9 Å². The van der Waals surface area contributed by atoms with E-state index in [2.05, 4.69) is 10.6 Å². The normalized spacial score (nSPS) is 19.3. The summed E-state index contributed by atoms with van der Waals surface area (Å²) in [6.07, 6.45) is 7.12. The number of nitrogens with one attached hydrogen (secondary N) is 2. The monoisotopic (exact) mass is 404 g/mol. The number of carbonyl (C=O) groups is 3. The largest absolute Gasteiger partial charge is 0.480 e. The highest BCUT2D eigenvalue weighted by molar-refractivity contribution is 5.95. The third-order valence-corrected chi connectivity index (χ3v) is 5.38. The highest BCUT2D eigenvalue weighted by atomic mass is 35.5. The van der Waals surface area contributed by atoms with E-state index in [1.54, 1.807) is 0 Å². The molecule has 2 rings (SSSR count). The van der Waals surface area contributed by atoms with Crippen LogP contribution < -0.4 is 10.6 Å². The third kappa shape index (κ3) is 8.45. The number of halogens is 1. The Morgan fingerprint density at radius 3 is 2.26 bits per heavy atom. The standard InChI is InChI=1S/C18H32N4O4.ClH/c1-2-22(13-17(24)25)15-8-10-21(11-9-15)12-16(23)20-18(26)19-14-6-4-3-5-7-14;/h14-15H,2-13H2,1H3,(H,24,25)(H2,19,20,23,26);1H. The van der Waals surface area contributed by atoms with Crippen molar-refractivity contribution in [2.24, 2.45) is 0 Å². The van der Waals surface area contributed by atoms with Gasteiger partial charge in [0.15, 0.2) is 0 Å². The zero-order valence-electron chi connectivity index (χ0n) is 16.1. The molecule has 1 heterocycles. The van der Waals surface area contributed by atoms with Crippen LogP contribution in [0, 0.1) is 0 Å². The van der Waals surface area contributed by atoms with E-state index in [1.165, 1.54) is 6.42 Å². The van der Waals surface area contributed by atoms with Crippen LogP contribution in [0.3, 0.4) is 0 Å². The number of imide groups is 1. The number of carboxylic acid groups (broad SMARTS) is 1. The van der Waals surface area contributed by atoms with Crippen LogP contribution in [0.25, 0.3) is 0 Å². The molecule has 3 N–H and O–H groups in total. The lowest BCUT2D eigenvalue weighted by molar-refractivity contribution is -0.139. The van der Waals surface area contributed by atoms with E-state index in [4.69, 9.17) is 5.11 Å². The van der Waals surface area contributed by atoms with Crippen molar-refractivity contribution < 1.29 is 19.5 Å². The predicted octanol–water partition coefficient (Wildman–Crippen LogP) is 1.44.